The Morgan fingerprint density at radius 2 is 1.93 bits per heavy atom. The molecule has 0 aliphatic carbocycles. The molecule has 27 heavy (non-hydrogen) atoms. The third-order valence-corrected chi connectivity index (χ3v) is 6.04. The van der Waals surface area contributed by atoms with Crippen molar-refractivity contribution in [2.24, 2.45) is 0 Å². The van der Waals surface area contributed by atoms with Crippen LogP contribution in [0.25, 0.3) is 10.8 Å². The Morgan fingerprint density at radius 3 is 2.70 bits per heavy atom. The van der Waals surface area contributed by atoms with Gasteiger partial charge >= 0.3 is 0 Å². The highest BCUT2D eigenvalue weighted by atomic mass is 32.1. The highest BCUT2D eigenvalue weighted by Crippen LogP contribution is 2.24. The summed E-state index contributed by atoms with van der Waals surface area (Å²) in [7, 11) is 0. The Kier molecular flexibility index (Phi) is 4.94. The van der Waals surface area contributed by atoms with Crippen molar-refractivity contribution in [1.29, 1.82) is 0 Å². The molecule has 1 fully saturated rings. The number of nitrogens with one attached hydrogen (secondary N) is 1. The fourth-order valence-electron chi connectivity index (χ4n) is 3.69. The first-order valence-corrected chi connectivity index (χ1v) is 10.1. The molecule has 2 atom stereocenters. The van der Waals surface area contributed by atoms with Crippen molar-refractivity contribution in [3.63, 3.8) is 0 Å². The minimum atomic E-state index is -0.387. The van der Waals surface area contributed by atoms with Crippen molar-refractivity contribution in [2.45, 2.75) is 31.8 Å². The van der Waals surface area contributed by atoms with Gasteiger partial charge in [-0.15, -0.1) is 11.3 Å². The molecule has 1 N–H and O–H groups in total. The van der Waals surface area contributed by atoms with Crippen molar-refractivity contribution in [3.05, 3.63) is 70.4 Å². The molecule has 0 saturated carbocycles. The van der Waals surface area contributed by atoms with E-state index < -0.39 is 0 Å². The highest BCUT2D eigenvalue weighted by molar-refractivity contribution is 7.12. The van der Waals surface area contributed by atoms with Crippen LogP contribution < -0.4 is 5.32 Å². The Labute approximate surface area is 162 Å². The monoisotopic (exact) mass is 378 g/mol. The quantitative estimate of drug-likeness (QED) is 0.732. The maximum absolute atomic E-state index is 12.9. The van der Waals surface area contributed by atoms with Gasteiger partial charge in [-0.05, 0) is 53.6 Å². The molecule has 1 aliphatic heterocycles. The molecule has 4 rings (SSSR count). The zero-order valence-electron chi connectivity index (χ0n) is 15.2. The molecule has 2 aromatic carbocycles. The molecule has 0 radical (unpaired) electrons. The molecule has 4 nitrogen and oxygen atoms in total. The van der Waals surface area contributed by atoms with Crippen LogP contribution in [0.3, 0.4) is 0 Å². The summed E-state index contributed by atoms with van der Waals surface area (Å²) < 4.78 is 0. The van der Waals surface area contributed by atoms with Crippen molar-refractivity contribution in [1.82, 2.24) is 10.2 Å². The first-order valence-electron chi connectivity index (χ1n) is 9.27. The third-order valence-electron chi connectivity index (χ3n) is 5.18. The van der Waals surface area contributed by atoms with E-state index >= 15 is 0 Å². The molecule has 0 unspecified atom stereocenters. The summed E-state index contributed by atoms with van der Waals surface area (Å²) in [5, 5.41) is 7.33. The molecule has 0 spiro atoms. The van der Waals surface area contributed by atoms with Gasteiger partial charge in [-0.2, -0.15) is 0 Å². The summed E-state index contributed by atoms with van der Waals surface area (Å²) in [6.45, 7) is 2.63. The van der Waals surface area contributed by atoms with Crippen LogP contribution in [0.15, 0.2) is 60.0 Å². The topological polar surface area (TPSA) is 49.4 Å². The second-order valence-electron chi connectivity index (χ2n) is 6.97. The number of thiophene rings is 1. The molecule has 2 amide bonds. The van der Waals surface area contributed by atoms with E-state index in [9.17, 15) is 9.59 Å². The molecule has 1 saturated heterocycles. The van der Waals surface area contributed by atoms with E-state index in [1.54, 1.807) is 4.90 Å². The van der Waals surface area contributed by atoms with Crippen LogP contribution in [0.2, 0.25) is 0 Å². The van der Waals surface area contributed by atoms with Gasteiger partial charge in [0.25, 0.3) is 5.91 Å². The fourth-order valence-corrected chi connectivity index (χ4v) is 4.37. The molecule has 1 aliphatic rings. The Hall–Kier alpha value is -2.66. The van der Waals surface area contributed by atoms with E-state index in [-0.39, 0.29) is 23.9 Å². The lowest BCUT2D eigenvalue weighted by molar-refractivity contribution is -0.125. The van der Waals surface area contributed by atoms with Gasteiger partial charge in [0.2, 0.25) is 5.91 Å². The van der Waals surface area contributed by atoms with Gasteiger partial charge in [-0.25, -0.2) is 0 Å². The number of nitrogens with zero attached hydrogens (tertiary/aromatic N) is 1. The minimum Gasteiger partial charge on any atom is -0.348 e. The number of rotatable bonds is 4. The van der Waals surface area contributed by atoms with Crippen molar-refractivity contribution < 1.29 is 9.59 Å². The summed E-state index contributed by atoms with van der Waals surface area (Å²) in [5.41, 5.74) is 1.07. The predicted octanol–water partition coefficient (Wildman–Crippen LogP) is 4.38. The molecular formula is C22H22N2O2S. The average Bonchev–Trinajstić information content (AvgIpc) is 3.39. The number of likely N-dealkylation sites (tertiary alicyclic amines) is 1. The fraction of sp³-hybridized carbons (Fsp3) is 0.273. The lowest BCUT2D eigenvalue weighted by Gasteiger charge is -2.25. The number of fused-ring (bicyclic) bond motifs is 1. The van der Waals surface area contributed by atoms with Crippen LogP contribution in [-0.4, -0.2) is 29.3 Å². The van der Waals surface area contributed by atoms with E-state index in [1.165, 1.54) is 16.7 Å². The molecular weight excluding hydrogens is 356 g/mol. The second kappa shape index (κ2) is 7.53. The number of hydrogen-bond acceptors (Lipinski definition) is 3. The summed E-state index contributed by atoms with van der Waals surface area (Å²) >= 11 is 1.42. The Morgan fingerprint density at radius 1 is 1.11 bits per heavy atom. The van der Waals surface area contributed by atoms with E-state index in [0.717, 1.165) is 17.4 Å². The molecule has 1 aromatic heterocycles. The van der Waals surface area contributed by atoms with Crippen LogP contribution in [0.1, 0.15) is 41.0 Å². The average molecular weight is 378 g/mol. The lowest BCUT2D eigenvalue weighted by Crippen LogP contribution is -2.46. The number of amides is 2. The van der Waals surface area contributed by atoms with Gasteiger partial charge in [0.1, 0.15) is 6.04 Å². The minimum absolute atomic E-state index is 0.0407. The zero-order valence-corrected chi connectivity index (χ0v) is 16.0. The van der Waals surface area contributed by atoms with Gasteiger partial charge in [0.15, 0.2) is 0 Å². The lowest BCUT2D eigenvalue weighted by atomic mass is 10.0. The smallest absolute Gasteiger partial charge is 0.264 e. The van der Waals surface area contributed by atoms with E-state index in [2.05, 4.69) is 35.6 Å². The molecule has 3 aromatic rings. The maximum atomic E-state index is 12.9. The predicted molar refractivity (Wildman–Crippen MR) is 109 cm³/mol. The van der Waals surface area contributed by atoms with Crippen molar-refractivity contribution in [3.8, 4) is 0 Å². The van der Waals surface area contributed by atoms with Gasteiger partial charge in [0.05, 0.1) is 10.9 Å². The van der Waals surface area contributed by atoms with Gasteiger partial charge in [-0.3, -0.25) is 9.59 Å². The third kappa shape index (κ3) is 3.60. The summed E-state index contributed by atoms with van der Waals surface area (Å²) in [4.78, 5) is 28.0. The van der Waals surface area contributed by atoms with Gasteiger partial charge in [0, 0.05) is 6.54 Å². The number of hydrogen-bond donors (Lipinski definition) is 1. The standard InChI is InChI=1S/C22H22N2O2S/c1-15(17-11-10-16-6-2-3-7-18(16)14-17)23-21(25)19-8-4-12-24(19)22(26)20-9-5-13-27-20/h2-3,5-7,9-11,13-15,19H,4,8,12H2,1H3,(H,23,25)/t15-,19+/m1/s1. The first kappa shape index (κ1) is 17.7. The zero-order chi connectivity index (χ0) is 18.8. The van der Waals surface area contributed by atoms with Crippen LogP contribution in [0.4, 0.5) is 0 Å². The molecule has 5 heteroatoms. The SMILES string of the molecule is C[C@@H](NC(=O)[C@@H]1CCCN1C(=O)c1cccs1)c1ccc2ccccc2c1. The Balaban J connectivity index is 1.47. The summed E-state index contributed by atoms with van der Waals surface area (Å²) in [6.07, 6.45) is 1.58. The Bertz CT molecular complexity index is 967. The van der Waals surface area contributed by atoms with Crippen LogP contribution in [-0.2, 0) is 4.79 Å². The number of benzene rings is 2. The van der Waals surface area contributed by atoms with Gasteiger partial charge in [-0.1, -0.05) is 42.5 Å². The number of carbonyl (C=O) groups is 2. The first-order chi connectivity index (χ1) is 13.1. The largest absolute Gasteiger partial charge is 0.348 e. The summed E-state index contributed by atoms with van der Waals surface area (Å²) in [5.74, 6) is -0.112. The maximum Gasteiger partial charge on any atom is 0.264 e. The van der Waals surface area contributed by atoms with Crippen LogP contribution in [0, 0.1) is 0 Å². The molecule has 0 bridgehead atoms. The van der Waals surface area contributed by atoms with Crippen LogP contribution >= 0.6 is 11.3 Å². The van der Waals surface area contributed by atoms with Crippen LogP contribution in [0.5, 0.6) is 0 Å². The molecule has 138 valence electrons. The van der Waals surface area contributed by atoms with E-state index in [1.807, 2.05) is 36.6 Å². The number of carbonyl (C=O) groups excluding carboxylic acids is 2. The van der Waals surface area contributed by atoms with E-state index in [4.69, 9.17) is 0 Å². The van der Waals surface area contributed by atoms with E-state index in [0.29, 0.717) is 17.8 Å². The van der Waals surface area contributed by atoms with Crippen molar-refractivity contribution >= 4 is 33.9 Å². The summed E-state index contributed by atoms with van der Waals surface area (Å²) in [6, 6.07) is 17.6. The molecule has 2 heterocycles. The highest BCUT2D eigenvalue weighted by Gasteiger charge is 2.35. The normalized spacial score (nSPS) is 17.8. The van der Waals surface area contributed by atoms with Crippen molar-refractivity contribution in [2.75, 3.05) is 6.54 Å². The van der Waals surface area contributed by atoms with Gasteiger partial charge < -0.3 is 10.2 Å². The second-order valence-corrected chi connectivity index (χ2v) is 7.92.